The Balaban J connectivity index is 1.45. The van der Waals surface area contributed by atoms with Gasteiger partial charge in [0.1, 0.15) is 12.6 Å². The molecule has 8 heteroatoms. The highest BCUT2D eigenvalue weighted by molar-refractivity contribution is 9.10. The number of hydrogen-bond acceptors (Lipinski definition) is 5. The molecular formula is C25H22BrNO6. The van der Waals surface area contributed by atoms with Crippen molar-refractivity contribution in [2.45, 2.75) is 18.4 Å². The Bertz CT molecular complexity index is 1170. The van der Waals surface area contributed by atoms with Gasteiger partial charge in [-0.25, -0.2) is 9.59 Å². The van der Waals surface area contributed by atoms with E-state index in [0.29, 0.717) is 10.0 Å². The van der Waals surface area contributed by atoms with Crippen LogP contribution in [0.3, 0.4) is 0 Å². The lowest BCUT2D eigenvalue weighted by molar-refractivity contribution is -0.139. The number of nitrogens with one attached hydrogen (secondary N) is 1. The molecule has 0 aromatic heterocycles. The van der Waals surface area contributed by atoms with Gasteiger partial charge in [0.05, 0.1) is 11.6 Å². The summed E-state index contributed by atoms with van der Waals surface area (Å²) in [6.07, 6.45) is -0.879. The summed E-state index contributed by atoms with van der Waals surface area (Å²) < 4.78 is 10.8. The largest absolute Gasteiger partial charge is 0.503 e. The predicted octanol–water partition coefficient (Wildman–Crippen LogP) is 4.70. The van der Waals surface area contributed by atoms with Crippen molar-refractivity contribution in [1.82, 2.24) is 5.32 Å². The van der Waals surface area contributed by atoms with Crippen molar-refractivity contribution >= 4 is 28.0 Å². The molecule has 1 amide bonds. The maximum absolute atomic E-state index is 12.5. The van der Waals surface area contributed by atoms with E-state index in [1.165, 1.54) is 13.2 Å². The number of phenolic OH excluding ortho intramolecular Hbond substituents is 1. The van der Waals surface area contributed by atoms with Gasteiger partial charge in [0.25, 0.3) is 0 Å². The van der Waals surface area contributed by atoms with Crippen molar-refractivity contribution in [2.75, 3.05) is 13.7 Å². The summed E-state index contributed by atoms with van der Waals surface area (Å²) in [5.74, 6) is -1.23. The van der Waals surface area contributed by atoms with Crippen molar-refractivity contribution < 1.29 is 29.3 Å². The smallest absolute Gasteiger partial charge is 0.407 e. The van der Waals surface area contributed by atoms with E-state index in [4.69, 9.17) is 9.47 Å². The topological polar surface area (TPSA) is 105 Å². The second-order valence-electron chi connectivity index (χ2n) is 7.65. The first kappa shape index (κ1) is 22.7. The number of fused-ring (bicyclic) bond motifs is 3. The van der Waals surface area contributed by atoms with Gasteiger partial charge < -0.3 is 25.0 Å². The zero-order valence-corrected chi connectivity index (χ0v) is 19.3. The van der Waals surface area contributed by atoms with Crippen LogP contribution >= 0.6 is 15.9 Å². The zero-order chi connectivity index (χ0) is 23.5. The molecule has 0 aliphatic heterocycles. The van der Waals surface area contributed by atoms with E-state index < -0.39 is 18.1 Å². The van der Waals surface area contributed by atoms with E-state index in [1.54, 1.807) is 6.07 Å². The van der Waals surface area contributed by atoms with Crippen LogP contribution in [-0.4, -0.2) is 42.0 Å². The first-order valence-corrected chi connectivity index (χ1v) is 11.1. The Kier molecular flexibility index (Phi) is 6.55. The van der Waals surface area contributed by atoms with Crippen molar-refractivity contribution in [2.24, 2.45) is 0 Å². The summed E-state index contributed by atoms with van der Waals surface area (Å²) in [4.78, 5) is 24.3. The van der Waals surface area contributed by atoms with Gasteiger partial charge >= 0.3 is 12.1 Å². The number of aliphatic carboxylic acids is 1. The number of alkyl carbamates (subject to hydrolysis) is 1. The van der Waals surface area contributed by atoms with Gasteiger partial charge in [0.15, 0.2) is 11.5 Å². The lowest BCUT2D eigenvalue weighted by Crippen LogP contribution is -2.43. The summed E-state index contributed by atoms with van der Waals surface area (Å²) >= 11 is 3.25. The highest BCUT2D eigenvalue weighted by Crippen LogP contribution is 2.44. The van der Waals surface area contributed by atoms with Crippen LogP contribution < -0.4 is 10.1 Å². The van der Waals surface area contributed by atoms with E-state index in [2.05, 4.69) is 21.2 Å². The molecule has 1 aliphatic rings. The van der Waals surface area contributed by atoms with Crippen LogP contribution in [0.15, 0.2) is 65.1 Å². The quantitative estimate of drug-likeness (QED) is 0.424. The number of phenols is 1. The molecule has 0 radical (unpaired) electrons. The number of carbonyl (C=O) groups excluding carboxylic acids is 1. The Morgan fingerprint density at radius 1 is 1.03 bits per heavy atom. The highest BCUT2D eigenvalue weighted by atomic mass is 79.9. The summed E-state index contributed by atoms with van der Waals surface area (Å²) in [6.45, 7) is 0.0826. The fourth-order valence-electron chi connectivity index (χ4n) is 4.11. The van der Waals surface area contributed by atoms with Gasteiger partial charge in [-0.05, 0) is 49.8 Å². The molecule has 33 heavy (non-hydrogen) atoms. The number of carboxylic acid groups (broad SMARTS) is 1. The molecule has 0 heterocycles. The number of rotatable bonds is 7. The van der Waals surface area contributed by atoms with Crippen LogP contribution in [-0.2, 0) is 16.0 Å². The first-order valence-electron chi connectivity index (χ1n) is 10.3. The number of ether oxygens (including phenoxy) is 2. The first-order chi connectivity index (χ1) is 15.9. The minimum atomic E-state index is -1.25. The number of carbonyl (C=O) groups is 2. The summed E-state index contributed by atoms with van der Waals surface area (Å²) in [5, 5.41) is 22.2. The Morgan fingerprint density at radius 2 is 1.64 bits per heavy atom. The SMILES string of the molecule is COc1ccc(CC(NC(=O)OCC2c3ccccc3-c3ccccc32)C(=O)O)c(Br)c1O. The van der Waals surface area contributed by atoms with Crippen LogP contribution in [0.25, 0.3) is 11.1 Å². The minimum Gasteiger partial charge on any atom is -0.503 e. The standard InChI is InChI=1S/C25H22BrNO6/c1-32-21-11-10-14(22(26)23(21)28)12-20(24(29)30)27-25(31)33-13-19-17-8-4-2-6-15(17)16-7-3-5-9-18(16)19/h2-11,19-20,28H,12-13H2,1H3,(H,27,31)(H,29,30). The van der Waals surface area contributed by atoms with Crippen LogP contribution in [0.5, 0.6) is 11.5 Å². The molecule has 4 rings (SSSR count). The van der Waals surface area contributed by atoms with Gasteiger partial charge in [-0.3, -0.25) is 0 Å². The normalized spacial score (nSPS) is 13.0. The second kappa shape index (κ2) is 9.54. The molecule has 7 nitrogen and oxygen atoms in total. The van der Waals surface area contributed by atoms with E-state index in [9.17, 15) is 19.8 Å². The Hall–Kier alpha value is -3.52. The molecule has 3 aromatic rings. The van der Waals surface area contributed by atoms with Crippen LogP contribution in [0.4, 0.5) is 4.79 Å². The zero-order valence-electron chi connectivity index (χ0n) is 17.7. The lowest BCUT2D eigenvalue weighted by Gasteiger charge is -2.18. The van der Waals surface area contributed by atoms with Gasteiger partial charge in [-0.2, -0.15) is 0 Å². The second-order valence-corrected chi connectivity index (χ2v) is 8.45. The van der Waals surface area contributed by atoms with Crippen LogP contribution in [0.1, 0.15) is 22.6 Å². The third kappa shape index (κ3) is 4.52. The maximum Gasteiger partial charge on any atom is 0.407 e. The number of aromatic hydroxyl groups is 1. The molecule has 0 saturated carbocycles. The van der Waals surface area contributed by atoms with Gasteiger partial charge in [-0.1, -0.05) is 54.6 Å². The average Bonchev–Trinajstić information content (AvgIpc) is 3.14. The molecule has 0 fully saturated rings. The molecule has 0 spiro atoms. The van der Waals surface area contributed by atoms with E-state index in [-0.39, 0.29) is 30.4 Å². The summed E-state index contributed by atoms with van der Waals surface area (Å²) in [6, 6.07) is 17.8. The Morgan fingerprint density at radius 3 is 2.21 bits per heavy atom. The number of carboxylic acids is 1. The maximum atomic E-state index is 12.5. The molecule has 170 valence electrons. The molecule has 3 aromatic carbocycles. The lowest BCUT2D eigenvalue weighted by atomic mass is 9.98. The third-order valence-corrected chi connectivity index (χ3v) is 6.62. The van der Waals surface area contributed by atoms with Gasteiger partial charge in [-0.15, -0.1) is 0 Å². The average molecular weight is 512 g/mol. The van der Waals surface area contributed by atoms with Crippen LogP contribution in [0, 0.1) is 0 Å². The monoisotopic (exact) mass is 511 g/mol. The van der Waals surface area contributed by atoms with Gasteiger partial charge in [0.2, 0.25) is 0 Å². The van der Waals surface area contributed by atoms with Crippen molar-refractivity contribution in [3.63, 3.8) is 0 Å². The molecular weight excluding hydrogens is 490 g/mol. The van der Waals surface area contributed by atoms with E-state index in [0.717, 1.165) is 22.3 Å². The number of benzene rings is 3. The molecule has 1 aliphatic carbocycles. The molecule has 0 bridgehead atoms. The third-order valence-electron chi connectivity index (χ3n) is 5.74. The van der Waals surface area contributed by atoms with E-state index >= 15 is 0 Å². The summed E-state index contributed by atoms with van der Waals surface area (Å²) in [5.41, 5.74) is 4.85. The molecule has 0 saturated heterocycles. The van der Waals surface area contributed by atoms with E-state index in [1.807, 2.05) is 48.5 Å². The van der Waals surface area contributed by atoms with Crippen molar-refractivity contribution in [1.29, 1.82) is 0 Å². The predicted molar refractivity (Wildman–Crippen MR) is 126 cm³/mol. The molecule has 3 N–H and O–H groups in total. The number of hydrogen-bond donors (Lipinski definition) is 3. The molecule has 1 atom stereocenters. The minimum absolute atomic E-state index is 0.0579. The number of methoxy groups -OCH3 is 1. The fraction of sp³-hybridized carbons (Fsp3) is 0.200. The summed E-state index contributed by atoms with van der Waals surface area (Å²) in [7, 11) is 1.42. The highest BCUT2D eigenvalue weighted by Gasteiger charge is 2.30. The number of amides is 1. The Labute approximate surface area is 199 Å². The number of halogens is 1. The van der Waals surface area contributed by atoms with Crippen molar-refractivity contribution in [3.05, 3.63) is 81.8 Å². The fourth-order valence-corrected chi connectivity index (χ4v) is 4.60. The van der Waals surface area contributed by atoms with Crippen molar-refractivity contribution in [3.8, 4) is 22.6 Å². The van der Waals surface area contributed by atoms with Crippen LogP contribution in [0.2, 0.25) is 0 Å². The van der Waals surface area contributed by atoms with Gasteiger partial charge in [0, 0.05) is 12.3 Å². The molecule has 1 unspecified atom stereocenters.